The van der Waals surface area contributed by atoms with Crippen molar-refractivity contribution in [1.82, 2.24) is 9.97 Å². The molecule has 1 aromatic heterocycles. The number of fused-ring (bicyclic) bond motifs is 1. The summed E-state index contributed by atoms with van der Waals surface area (Å²) in [5.74, 6) is 0.581. The van der Waals surface area contributed by atoms with E-state index in [0.717, 1.165) is 16.8 Å². The molecule has 25 heavy (non-hydrogen) atoms. The van der Waals surface area contributed by atoms with Gasteiger partial charge in [0.25, 0.3) is 0 Å². The van der Waals surface area contributed by atoms with Gasteiger partial charge in [0.05, 0.1) is 23.4 Å². The summed E-state index contributed by atoms with van der Waals surface area (Å²) in [5, 5.41) is 4.04. The molecule has 5 nitrogen and oxygen atoms in total. The number of carbonyl (C=O) groups is 1. The van der Waals surface area contributed by atoms with Gasteiger partial charge in [0.1, 0.15) is 5.75 Å². The van der Waals surface area contributed by atoms with Gasteiger partial charge in [0.2, 0.25) is 5.91 Å². The summed E-state index contributed by atoms with van der Waals surface area (Å²) < 4.78 is 5.20. The van der Waals surface area contributed by atoms with Gasteiger partial charge in [0.15, 0.2) is 5.16 Å². The number of anilines is 1. The van der Waals surface area contributed by atoms with Crippen LogP contribution in [-0.4, -0.2) is 28.2 Å². The monoisotopic (exact) mass is 395 g/mol. The zero-order valence-electron chi connectivity index (χ0n) is 13.5. The highest BCUT2D eigenvalue weighted by molar-refractivity contribution is 8.00. The van der Waals surface area contributed by atoms with Crippen molar-refractivity contribution in [3.8, 4) is 5.75 Å². The van der Waals surface area contributed by atoms with E-state index in [1.54, 1.807) is 32.2 Å². The number of amides is 1. The lowest BCUT2D eigenvalue weighted by atomic mass is 10.3. The number of H-pyrrole nitrogens is 1. The van der Waals surface area contributed by atoms with Gasteiger partial charge in [0, 0.05) is 21.8 Å². The van der Waals surface area contributed by atoms with E-state index in [-0.39, 0.29) is 11.2 Å². The van der Waals surface area contributed by atoms with E-state index in [1.165, 1.54) is 11.8 Å². The van der Waals surface area contributed by atoms with Crippen LogP contribution in [0.15, 0.2) is 41.6 Å². The predicted octanol–water partition coefficient (Wildman–Crippen LogP) is 5.00. The van der Waals surface area contributed by atoms with Gasteiger partial charge in [-0.3, -0.25) is 4.79 Å². The third-order valence-corrected chi connectivity index (χ3v) is 4.88. The molecule has 1 heterocycles. The van der Waals surface area contributed by atoms with Crippen LogP contribution in [-0.2, 0) is 4.79 Å². The lowest BCUT2D eigenvalue weighted by molar-refractivity contribution is -0.115. The highest BCUT2D eigenvalue weighted by Gasteiger charge is 2.17. The average molecular weight is 396 g/mol. The second-order valence-electron chi connectivity index (χ2n) is 5.33. The Balaban J connectivity index is 1.70. The number of halogens is 2. The van der Waals surface area contributed by atoms with Crippen molar-refractivity contribution in [3.63, 3.8) is 0 Å². The first-order valence-electron chi connectivity index (χ1n) is 7.42. The number of ether oxygens (including phenoxy) is 1. The zero-order valence-corrected chi connectivity index (χ0v) is 15.8. The molecule has 1 atom stereocenters. The first kappa shape index (κ1) is 17.9. The number of methoxy groups -OCH3 is 1. The first-order valence-corrected chi connectivity index (χ1v) is 9.05. The Morgan fingerprint density at radius 3 is 2.64 bits per heavy atom. The van der Waals surface area contributed by atoms with Gasteiger partial charge in [-0.25, -0.2) is 4.98 Å². The third-order valence-electron chi connectivity index (χ3n) is 3.46. The van der Waals surface area contributed by atoms with E-state index in [2.05, 4.69) is 15.3 Å². The quantitative estimate of drug-likeness (QED) is 0.596. The lowest BCUT2D eigenvalue weighted by Gasteiger charge is -2.11. The number of hydrogen-bond acceptors (Lipinski definition) is 4. The van der Waals surface area contributed by atoms with E-state index in [1.807, 2.05) is 18.2 Å². The first-order chi connectivity index (χ1) is 11.9. The van der Waals surface area contributed by atoms with Crippen LogP contribution in [0.2, 0.25) is 10.0 Å². The maximum Gasteiger partial charge on any atom is 0.237 e. The second kappa shape index (κ2) is 7.56. The molecule has 130 valence electrons. The number of nitrogens with zero attached hydrogens (tertiary/aromatic N) is 1. The molecule has 0 aliphatic carbocycles. The van der Waals surface area contributed by atoms with Crippen LogP contribution in [0.3, 0.4) is 0 Å². The van der Waals surface area contributed by atoms with Crippen molar-refractivity contribution in [2.24, 2.45) is 0 Å². The van der Waals surface area contributed by atoms with Crippen LogP contribution >= 0.6 is 35.0 Å². The van der Waals surface area contributed by atoms with Crippen molar-refractivity contribution in [2.75, 3.05) is 12.4 Å². The summed E-state index contributed by atoms with van der Waals surface area (Å²) in [7, 11) is 1.61. The van der Waals surface area contributed by atoms with E-state index in [9.17, 15) is 4.79 Å². The number of rotatable bonds is 5. The minimum absolute atomic E-state index is 0.165. The number of hydrogen-bond donors (Lipinski definition) is 2. The van der Waals surface area contributed by atoms with E-state index >= 15 is 0 Å². The average Bonchev–Trinajstić information content (AvgIpc) is 2.94. The van der Waals surface area contributed by atoms with Gasteiger partial charge in [-0.05, 0) is 37.3 Å². The molecule has 2 aromatic carbocycles. The fourth-order valence-corrected chi connectivity index (χ4v) is 3.59. The van der Waals surface area contributed by atoms with Gasteiger partial charge in [-0.1, -0.05) is 35.0 Å². The summed E-state index contributed by atoms with van der Waals surface area (Å²) in [5.41, 5.74) is 2.23. The lowest BCUT2D eigenvalue weighted by Crippen LogP contribution is -2.22. The minimum atomic E-state index is -0.361. The van der Waals surface area contributed by atoms with Crippen molar-refractivity contribution in [2.45, 2.75) is 17.3 Å². The highest BCUT2D eigenvalue weighted by atomic mass is 35.5. The molecule has 3 aromatic rings. The summed E-state index contributed by atoms with van der Waals surface area (Å²) in [4.78, 5) is 20.0. The molecule has 0 aliphatic heterocycles. The molecule has 0 aliphatic rings. The molecule has 2 N–H and O–H groups in total. The second-order valence-corrected chi connectivity index (χ2v) is 7.53. The SMILES string of the molecule is COc1ccc2nc(S[C@H](C)C(=O)Nc3cc(Cl)cc(Cl)c3)[nH]c2c1. The Hall–Kier alpha value is -1.89. The summed E-state index contributed by atoms with van der Waals surface area (Å²) in [6.07, 6.45) is 0. The van der Waals surface area contributed by atoms with Crippen molar-refractivity contribution < 1.29 is 9.53 Å². The highest BCUT2D eigenvalue weighted by Crippen LogP contribution is 2.27. The van der Waals surface area contributed by atoms with Crippen molar-refractivity contribution in [3.05, 3.63) is 46.4 Å². The number of nitrogens with one attached hydrogen (secondary N) is 2. The number of thioether (sulfide) groups is 1. The molecule has 3 rings (SSSR count). The van der Waals surface area contributed by atoms with Crippen LogP contribution in [0.4, 0.5) is 5.69 Å². The molecular formula is C17H15Cl2N3O2S. The normalized spacial score (nSPS) is 12.2. The number of benzene rings is 2. The molecule has 0 radical (unpaired) electrons. The predicted molar refractivity (Wildman–Crippen MR) is 103 cm³/mol. The maximum atomic E-state index is 12.4. The van der Waals surface area contributed by atoms with Crippen LogP contribution in [0.25, 0.3) is 11.0 Å². The van der Waals surface area contributed by atoms with Crippen LogP contribution in [0.5, 0.6) is 5.75 Å². The Morgan fingerprint density at radius 1 is 1.24 bits per heavy atom. The Kier molecular flexibility index (Phi) is 5.42. The smallest absolute Gasteiger partial charge is 0.237 e. The molecule has 0 unspecified atom stereocenters. The van der Waals surface area contributed by atoms with Crippen LogP contribution < -0.4 is 10.1 Å². The molecule has 0 bridgehead atoms. The number of carbonyl (C=O) groups excluding carboxylic acids is 1. The van der Waals surface area contributed by atoms with Crippen LogP contribution in [0.1, 0.15) is 6.92 Å². The summed E-state index contributed by atoms with van der Waals surface area (Å²) >= 11 is 13.2. The molecule has 8 heteroatoms. The third kappa shape index (κ3) is 4.39. The minimum Gasteiger partial charge on any atom is -0.497 e. The fraction of sp³-hybridized carbons (Fsp3) is 0.176. The van der Waals surface area contributed by atoms with Crippen molar-refractivity contribution >= 4 is 57.6 Å². The Labute approximate surface area is 159 Å². The van der Waals surface area contributed by atoms with Gasteiger partial charge in [-0.15, -0.1) is 0 Å². The number of imidazole rings is 1. The van der Waals surface area contributed by atoms with Crippen LogP contribution in [0, 0.1) is 0 Å². The van der Waals surface area contributed by atoms with Gasteiger partial charge >= 0.3 is 0 Å². The molecule has 0 saturated heterocycles. The largest absolute Gasteiger partial charge is 0.497 e. The molecule has 0 fully saturated rings. The summed E-state index contributed by atoms with van der Waals surface area (Å²) in [6.45, 7) is 1.81. The zero-order chi connectivity index (χ0) is 18.0. The van der Waals surface area contributed by atoms with E-state index < -0.39 is 0 Å². The molecular weight excluding hydrogens is 381 g/mol. The standard InChI is InChI=1S/C17H15Cl2N3O2S/c1-9(16(23)20-12-6-10(18)5-11(19)7-12)25-17-21-14-4-3-13(24-2)8-15(14)22-17/h3-9H,1-2H3,(H,20,23)(H,21,22)/t9-/m1/s1. The van der Waals surface area contributed by atoms with E-state index in [0.29, 0.717) is 20.9 Å². The summed E-state index contributed by atoms with van der Waals surface area (Å²) in [6, 6.07) is 10.5. The topological polar surface area (TPSA) is 67.0 Å². The molecule has 0 saturated carbocycles. The molecule has 1 amide bonds. The van der Waals surface area contributed by atoms with Gasteiger partial charge in [-0.2, -0.15) is 0 Å². The number of aromatic nitrogens is 2. The van der Waals surface area contributed by atoms with Crippen molar-refractivity contribution in [1.29, 1.82) is 0 Å². The number of aromatic amines is 1. The fourth-order valence-electron chi connectivity index (χ4n) is 2.24. The Morgan fingerprint density at radius 2 is 1.96 bits per heavy atom. The van der Waals surface area contributed by atoms with Gasteiger partial charge < -0.3 is 15.0 Å². The van der Waals surface area contributed by atoms with E-state index in [4.69, 9.17) is 27.9 Å². The Bertz CT molecular complexity index is 909. The maximum absolute atomic E-state index is 12.4. The molecule has 0 spiro atoms.